The van der Waals surface area contributed by atoms with E-state index >= 15 is 0 Å². The third kappa shape index (κ3) is 9.37. The lowest BCUT2D eigenvalue weighted by atomic mass is 10.1. The summed E-state index contributed by atoms with van der Waals surface area (Å²) in [5.74, 6) is 1.23. The van der Waals surface area contributed by atoms with Gasteiger partial charge in [0.2, 0.25) is 0 Å². The van der Waals surface area contributed by atoms with Crippen molar-refractivity contribution in [1.29, 1.82) is 0 Å². The van der Waals surface area contributed by atoms with Gasteiger partial charge in [-0.2, -0.15) is 0 Å². The van der Waals surface area contributed by atoms with E-state index in [9.17, 15) is 0 Å². The highest BCUT2D eigenvalue weighted by molar-refractivity contribution is 7.88. The van der Waals surface area contributed by atoms with Crippen LogP contribution < -0.4 is 21.2 Å². The minimum Gasteiger partial charge on any atom is -0.0654 e. The molecule has 0 saturated heterocycles. The first kappa shape index (κ1) is 33.6. The highest BCUT2D eigenvalue weighted by Gasteiger charge is 2.28. The Morgan fingerprint density at radius 2 is 0.581 bits per heavy atom. The first-order chi connectivity index (χ1) is 21.2. The zero-order valence-corrected chi connectivity index (χ0v) is 29.1. The van der Waals surface area contributed by atoms with Crippen molar-refractivity contribution in [1.82, 2.24) is 0 Å². The van der Waals surface area contributed by atoms with Gasteiger partial charge in [-0.05, 0) is 111 Å². The second-order valence-corrected chi connectivity index (χ2v) is 16.7. The van der Waals surface area contributed by atoms with E-state index in [1.54, 1.807) is 43.5 Å². The van der Waals surface area contributed by atoms with E-state index in [0.29, 0.717) is 0 Å². The maximum Gasteiger partial charge on any atom is 0.00409 e. The predicted molar refractivity (Wildman–Crippen MR) is 197 cm³/mol. The van der Waals surface area contributed by atoms with Crippen molar-refractivity contribution in [2.45, 2.75) is 105 Å². The average Bonchev–Trinajstić information content (AvgIpc) is 3.06. The molecular weight excluding hydrogens is 554 g/mol. The second-order valence-electron chi connectivity index (χ2n) is 11.9. The molecule has 0 bridgehead atoms. The first-order valence-electron chi connectivity index (χ1n) is 17.1. The van der Waals surface area contributed by atoms with Gasteiger partial charge in [-0.3, -0.25) is 0 Å². The summed E-state index contributed by atoms with van der Waals surface area (Å²) in [5, 5.41) is 6.50. The lowest BCUT2D eigenvalue weighted by molar-refractivity contribution is 0.797. The number of rotatable bonds is 18. The molecule has 4 rings (SSSR count). The molecule has 4 aromatic rings. The fourth-order valence-electron chi connectivity index (χ4n) is 6.12. The molecule has 0 unspecified atom stereocenters. The zero-order chi connectivity index (χ0) is 30.3. The van der Waals surface area contributed by atoms with Crippen molar-refractivity contribution in [3.8, 4) is 0 Å². The summed E-state index contributed by atoms with van der Waals surface area (Å²) in [5.41, 5.74) is 6.31. The molecule has 0 fully saturated rings. The standard InChI is InChI=1S/C41H54P2/c1-5-9-21-34-25-13-17-29-38(34)42(39-30-18-14-26-35(39)22-10-6-2)33-43(40-31-19-15-27-36(40)23-11-7-3)41-32-20-16-28-37(41)24-12-8-4/h13-20,25-32H,5-12,21-24,33H2,1-4H3. The largest absolute Gasteiger partial charge is 0.0654 e. The van der Waals surface area contributed by atoms with Crippen LogP contribution >= 0.6 is 15.8 Å². The lowest BCUT2D eigenvalue weighted by Gasteiger charge is -2.31. The zero-order valence-electron chi connectivity index (χ0n) is 27.3. The molecule has 0 saturated carbocycles. The minimum atomic E-state index is -0.534. The van der Waals surface area contributed by atoms with Crippen molar-refractivity contribution < 1.29 is 0 Å². The van der Waals surface area contributed by atoms with Gasteiger partial charge in [0, 0.05) is 5.90 Å². The van der Waals surface area contributed by atoms with E-state index in [1.165, 1.54) is 83.0 Å². The average molecular weight is 609 g/mol. The molecule has 228 valence electrons. The van der Waals surface area contributed by atoms with Crippen LogP contribution in [0.1, 0.15) is 101 Å². The molecule has 0 aliphatic rings. The monoisotopic (exact) mass is 608 g/mol. The van der Waals surface area contributed by atoms with Gasteiger partial charge in [0.25, 0.3) is 0 Å². The fraction of sp³-hybridized carbons (Fsp3) is 0.415. The van der Waals surface area contributed by atoms with Gasteiger partial charge in [-0.15, -0.1) is 0 Å². The summed E-state index contributed by atoms with van der Waals surface area (Å²) >= 11 is 0. The van der Waals surface area contributed by atoms with E-state index in [-0.39, 0.29) is 0 Å². The van der Waals surface area contributed by atoms with Crippen LogP contribution in [-0.4, -0.2) is 5.90 Å². The van der Waals surface area contributed by atoms with Crippen molar-refractivity contribution >= 4 is 37.1 Å². The summed E-state index contributed by atoms with van der Waals surface area (Å²) in [6.45, 7) is 9.30. The van der Waals surface area contributed by atoms with Gasteiger partial charge in [0.05, 0.1) is 0 Å². The van der Waals surface area contributed by atoms with Gasteiger partial charge < -0.3 is 0 Å². The van der Waals surface area contributed by atoms with Crippen LogP contribution in [0.2, 0.25) is 0 Å². The molecule has 0 aromatic heterocycles. The van der Waals surface area contributed by atoms with Gasteiger partial charge in [-0.1, -0.05) is 150 Å². The molecule has 4 aromatic carbocycles. The smallest absolute Gasteiger partial charge is 0.00409 e. The van der Waals surface area contributed by atoms with Gasteiger partial charge >= 0.3 is 0 Å². The molecule has 0 aliphatic carbocycles. The Morgan fingerprint density at radius 3 is 0.814 bits per heavy atom. The Morgan fingerprint density at radius 1 is 0.349 bits per heavy atom. The predicted octanol–water partition coefficient (Wildman–Crippen LogP) is 10.6. The molecule has 0 spiro atoms. The normalized spacial score (nSPS) is 11.5. The second kappa shape index (κ2) is 18.5. The number of benzene rings is 4. The molecule has 0 N–H and O–H groups in total. The van der Waals surface area contributed by atoms with Gasteiger partial charge in [0.1, 0.15) is 0 Å². The highest BCUT2D eigenvalue weighted by Crippen LogP contribution is 2.51. The van der Waals surface area contributed by atoms with Crippen molar-refractivity contribution in [2.24, 2.45) is 0 Å². The maximum absolute atomic E-state index is 2.49. The fourth-order valence-corrected chi connectivity index (χ4v) is 13.4. The summed E-state index contributed by atoms with van der Waals surface area (Å²) in [6.07, 6.45) is 14.7. The summed E-state index contributed by atoms with van der Waals surface area (Å²) in [6, 6.07) is 38.0. The molecular formula is C41H54P2. The van der Waals surface area contributed by atoms with Crippen LogP contribution in [0.5, 0.6) is 0 Å². The summed E-state index contributed by atoms with van der Waals surface area (Å²) in [7, 11) is -1.07. The lowest BCUT2D eigenvalue weighted by Crippen LogP contribution is -2.26. The van der Waals surface area contributed by atoms with Gasteiger partial charge in [-0.25, -0.2) is 0 Å². The molecule has 0 amide bonds. The summed E-state index contributed by atoms with van der Waals surface area (Å²) in [4.78, 5) is 0. The molecule has 43 heavy (non-hydrogen) atoms. The number of unbranched alkanes of at least 4 members (excludes halogenated alkanes) is 4. The Bertz CT molecular complexity index is 1170. The van der Waals surface area contributed by atoms with E-state index in [1.807, 2.05) is 0 Å². The van der Waals surface area contributed by atoms with Gasteiger partial charge in [0.15, 0.2) is 0 Å². The molecule has 0 aliphatic heterocycles. The molecule has 0 nitrogen and oxygen atoms in total. The Balaban J connectivity index is 1.92. The first-order valence-corrected chi connectivity index (χ1v) is 20.1. The molecule has 2 heteroatoms. The number of hydrogen-bond donors (Lipinski definition) is 0. The van der Waals surface area contributed by atoms with E-state index in [0.717, 1.165) is 0 Å². The molecule has 0 radical (unpaired) electrons. The van der Waals surface area contributed by atoms with Crippen molar-refractivity contribution in [3.63, 3.8) is 0 Å². The SMILES string of the molecule is CCCCc1ccccc1P(CP(c1ccccc1CCCC)c1ccccc1CCCC)c1ccccc1CCCC. The quantitative estimate of drug-likeness (QED) is 0.0986. The molecule has 0 atom stereocenters. The maximum atomic E-state index is 2.49. The van der Waals surface area contributed by atoms with Crippen LogP contribution in [-0.2, 0) is 25.7 Å². The van der Waals surface area contributed by atoms with Crippen LogP contribution in [0.15, 0.2) is 97.1 Å². The molecule has 0 heterocycles. The van der Waals surface area contributed by atoms with E-state index < -0.39 is 15.8 Å². The van der Waals surface area contributed by atoms with Crippen molar-refractivity contribution in [2.75, 3.05) is 5.90 Å². The Kier molecular flexibility index (Phi) is 14.5. The number of aryl methyl sites for hydroxylation is 4. The van der Waals surface area contributed by atoms with Crippen LogP contribution in [0.3, 0.4) is 0 Å². The Labute approximate surface area is 266 Å². The number of hydrogen-bond acceptors (Lipinski definition) is 0. The summed E-state index contributed by atoms with van der Waals surface area (Å²) < 4.78 is 0. The van der Waals surface area contributed by atoms with E-state index in [2.05, 4.69) is 125 Å². The topological polar surface area (TPSA) is 0 Å². The highest BCUT2D eigenvalue weighted by atomic mass is 31.2. The van der Waals surface area contributed by atoms with Crippen LogP contribution in [0, 0.1) is 0 Å². The third-order valence-corrected chi connectivity index (χ3v) is 14.9. The minimum absolute atomic E-state index is 0.534. The Hall–Kier alpha value is -2.26. The van der Waals surface area contributed by atoms with Crippen molar-refractivity contribution in [3.05, 3.63) is 119 Å². The van der Waals surface area contributed by atoms with E-state index in [4.69, 9.17) is 0 Å². The third-order valence-electron chi connectivity index (χ3n) is 8.61. The van der Waals surface area contributed by atoms with Crippen LogP contribution in [0.25, 0.3) is 0 Å². The van der Waals surface area contributed by atoms with Crippen LogP contribution in [0.4, 0.5) is 0 Å².